The predicted molar refractivity (Wildman–Crippen MR) is 84.5 cm³/mol. The maximum Gasteiger partial charge on any atom is 0.126 e. The lowest BCUT2D eigenvalue weighted by Crippen LogP contribution is -2.59. The summed E-state index contributed by atoms with van der Waals surface area (Å²) in [5.74, 6) is 0.822. The summed E-state index contributed by atoms with van der Waals surface area (Å²) in [6.45, 7) is 4.19. The van der Waals surface area contributed by atoms with Crippen LogP contribution in [0.3, 0.4) is 0 Å². The van der Waals surface area contributed by atoms with Crippen LogP contribution in [0.5, 0.6) is 5.75 Å². The molecule has 1 fully saturated rings. The molecule has 116 valence electrons. The number of nitrogens with zero attached hydrogens (tertiary/aromatic N) is 1. The first-order valence-corrected chi connectivity index (χ1v) is 8.18. The van der Waals surface area contributed by atoms with E-state index in [0.29, 0.717) is 6.04 Å². The zero-order chi connectivity index (χ0) is 15.0. The normalized spacial score (nSPS) is 29.0. The number of para-hydroxylation sites is 1. The Kier molecular flexibility index (Phi) is 3.98. The van der Waals surface area contributed by atoms with Gasteiger partial charge in [-0.25, -0.2) is 0 Å². The zero-order valence-corrected chi connectivity index (χ0v) is 13.4. The molecule has 21 heavy (non-hydrogen) atoms. The van der Waals surface area contributed by atoms with Gasteiger partial charge < -0.3 is 9.84 Å². The van der Waals surface area contributed by atoms with Gasteiger partial charge in [-0.2, -0.15) is 0 Å². The molecule has 0 aromatic heterocycles. The average Bonchev–Trinajstić information content (AvgIpc) is 2.47. The molecule has 3 heteroatoms. The van der Waals surface area contributed by atoms with E-state index in [1.165, 1.54) is 32.1 Å². The molecular formula is C18H27NO2. The van der Waals surface area contributed by atoms with Crippen LogP contribution in [0.2, 0.25) is 0 Å². The van der Waals surface area contributed by atoms with Gasteiger partial charge >= 0.3 is 0 Å². The maximum atomic E-state index is 10.9. The van der Waals surface area contributed by atoms with Crippen molar-refractivity contribution in [3.63, 3.8) is 0 Å². The van der Waals surface area contributed by atoms with Crippen LogP contribution in [0.1, 0.15) is 57.6 Å². The lowest BCUT2D eigenvalue weighted by atomic mass is 9.83. The first kappa shape index (κ1) is 14.9. The SMILES string of the molecule is CN(C1CCCCC1)C1C(O)c2ccccc2OC1(C)C. The Morgan fingerprint density at radius 2 is 1.81 bits per heavy atom. The minimum Gasteiger partial charge on any atom is -0.486 e. The fraction of sp³-hybridized carbons (Fsp3) is 0.667. The Hall–Kier alpha value is -1.06. The summed E-state index contributed by atoms with van der Waals surface area (Å²) < 4.78 is 6.21. The van der Waals surface area contributed by atoms with Crippen LogP contribution in [-0.2, 0) is 0 Å². The summed E-state index contributed by atoms with van der Waals surface area (Å²) in [4.78, 5) is 2.37. The fourth-order valence-electron chi connectivity index (χ4n) is 4.14. The molecule has 1 aliphatic carbocycles. The van der Waals surface area contributed by atoms with Gasteiger partial charge in [0.05, 0.1) is 6.04 Å². The standard InChI is InChI=1S/C18H27NO2/c1-18(2)17(19(3)13-9-5-4-6-10-13)16(20)14-11-7-8-12-15(14)21-18/h7-8,11-13,16-17,20H,4-6,9-10H2,1-3H3. The molecule has 1 aromatic carbocycles. The minimum atomic E-state index is -0.489. The van der Waals surface area contributed by atoms with Gasteiger partial charge in [0, 0.05) is 11.6 Å². The van der Waals surface area contributed by atoms with Crippen LogP contribution in [0.4, 0.5) is 0 Å². The van der Waals surface area contributed by atoms with E-state index in [2.05, 4.69) is 25.8 Å². The highest BCUT2D eigenvalue weighted by atomic mass is 16.5. The number of fused-ring (bicyclic) bond motifs is 1. The first-order chi connectivity index (χ1) is 10.0. The van der Waals surface area contributed by atoms with E-state index in [0.717, 1.165) is 11.3 Å². The summed E-state index contributed by atoms with van der Waals surface area (Å²) in [6, 6.07) is 8.43. The molecule has 2 unspecified atom stereocenters. The van der Waals surface area contributed by atoms with Crippen LogP contribution in [-0.4, -0.2) is 34.7 Å². The minimum absolute atomic E-state index is 0.00417. The first-order valence-electron chi connectivity index (χ1n) is 8.18. The monoisotopic (exact) mass is 289 g/mol. The van der Waals surface area contributed by atoms with Gasteiger partial charge in [0.15, 0.2) is 0 Å². The van der Waals surface area contributed by atoms with Crippen molar-refractivity contribution < 1.29 is 9.84 Å². The molecule has 0 saturated heterocycles. The van der Waals surface area contributed by atoms with Gasteiger partial charge in [-0.1, -0.05) is 37.5 Å². The van der Waals surface area contributed by atoms with E-state index < -0.39 is 6.10 Å². The summed E-state index contributed by atoms with van der Waals surface area (Å²) in [5, 5.41) is 10.9. The highest BCUT2D eigenvalue weighted by Gasteiger charge is 2.46. The highest BCUT2D eigenvalue weighted by molar-refractivity contribution is 5.39. The van der Waals surface area contributed by atoms with Gasteiger partial charge in [0.25, 0.3) is 0 Å². The molecule has 0 bridgehead atoms. The number of likely N-dealkylation sites (N-methyl/N-ethyl adjacent to an activating group) is 1. The number of hydrogen-bond acceptors (Lipinski definition) is 3. The molecule has 2 atom stereocenters. The number of ether oxygens (including phenoxy) is 1. The van der Waals surface area contributed by atoms with Gasteiger partial charge in [-0.15, -0.1) is 0 Å². The molecule has 3 nitrogen and oxygen atoms in total. The van der Waals surface area contributed by atoms with Gasteiger partial charge in [0.1, 0.15) is 17.5 Å². The van der Waals surface area contributed by atoms with E-state index in [1.807, 2.05) is 24.3 Å². The van der Waals surface area contributed by atoms with Crippen molar-refractivity contribution in [2.24, 2.45) is 0 Å². The third-order valence-corrected chi connectivity index (χ3v) is 5.21. The smallest absolute Gasteiger partial charge is 0.126 e. The fourth-order valence-corrected chi connectivity index (χ4v) is 4.14. The predicted octanol–water partition coefficient (Wildman–Crippen LogP) is 3.52. The number of aliphatic hydroxyl groups is 1. The largest absolute Gasteiger partial charge is 0.486 e. The van der Waals surface area contributed by atoms with E-state index >= 15 is 0 Å². The summed E-state index contributed by atoms with van der Waals surface area (Å²) in [6.07, 6.45) is 5.93. The van der Waals surface area contributed by atoms with Crippen molar-refractivity contribution in [3.05, 3.63) is 29.8 Å². The van der Waals surface area contributed by atoms with E-state index in [4.69, 9.17) is 4.74 Å². The van der Waals surface area contributed by atoms with Gasteiger partial charge in [-0.3, -0.25) is 4.90 Å². The van der Waals surface area contributed by atoms with E-state index in [-0.39, 0.29) is 11.6 Å². The second-order valence-corrected chi connectivity index (χ2v) is 7.09. The van der Waals surface area contributed by atoms with Crippen molar-refractivity contribution in [1.29, 1.82) is 0 Å². The molecule has 1 heterocycles. The van der Waals surface area contributed by atoms with Crippen molar-refractivity contribution in [1.82, 2.24) is 4.90 Å². The van der Waals surface area contributed by atoms with Crippen LogP contribution in [0.25, 0.3) is 0 Å². The molecule has 1 aliphatic heterocycles. The molecular weight excluding hydrogens is 262 g/mol. The lowest BCUT2D eigenvalue weighted by Gasteiger charge is -2.49. The van der Waals surface area contributed by atoms with Gasteiger partial charge in [0.2, 0.25) is 0 Å². The number of rotatable bonds is 2. The molecule has 0 spiro atoms. The van der Waals surface area contributed by atoms with Crippen molar-refractivity contribution in [3.8, 4) is 5.75 Å². The number of hydrogen-bond donors (Lipinski definition) is 1. The molecule has 3 rings (SSSR count). The van der Waals surface area contributed by atoms with Crippen LogP contribution < -0.4 is 4.74 Å². The van der Waals surface area contributed by atoms with E-state index in [9.17, 15) is 5.11 Å². The van der Waals surface area contributed by atoms with E-state index in [1.54, 1.807) is 0 Å². The third kappa shape index (κ3) is 2.69. The highest BCUT2D eigenvalue weighted by Crippen LogP contribution is 2.43. The number of aliphatic hydroxyl groups excluding tert-OH is 1. The Balaban J connectivity index is 1.89. The van der Waals surface area contributed by atoms with Crippen molar-refractivity contribution >= 4 is 0 Å². The molecule has 1 saturated carbocycles. The summed E-state index contributed by atoms with van der Waals surface area (Å²) in [5.41, 5.74) is 0.532. The second-order valence-electron chi connectivity index (χ2n) is 7.09. The number of benzene rings is 1. The van der Waals surface area contributed by atoms with Crippen LogP contribution in [0, 0.1) is 0 Å². The van der Waals surface area contributed by atoms with Gasteiger partial charge in [-0.05, 0) is 39.8 Å². The average molecular weight is 289 g/mol. The Bertz CT molecular complexity index is 494. The molecule has 2 aliphatic rings. The van der Waals surface area contributed by atoms with Crippen molar-refractivity contribution in [2.45, 2.75) is 69.7 Å². The Morgan fingerprint density at radius 1 is 1.14 bits per heavy atom. The maximum absolute atomic E-state index is 10.9. The Morgan fingerprint density at radius 3 is 2.52 bits per heavy atom. The molecule has 1 aromatic rings. The Labute approximate surface area is 127 Å². The quantitative estimate of drug-likeness (QED) is 0.904. The molecule has 0 radical (unpaired) electrons. The summed E-state index contributed by atoms with van der Waals surface area (Å²) in [7, 11) is 2.16. The van der Waals surface area contributed by atoms with Crippen LogP contribution >= 0.6 is 0 Å². The second kappa shape index (κ2) is 5.62. The molecule has 1 N–H and O–H groups in total. The summed E-state index contributed by atoms with van der Waals surface area (Å²) >= 11 is 0. The lowest BCUT2D eigenvalue weighted by molar-refractivity contribution is -0.0903. The molecule has 0 amide bonds. The van der Waals surface area contributed by atoms with Crippen LogP contribution in [0.15, 0.2) is 24.3 Å². The topological polar surface area (TPSA) is 32.7 Å². The van der Waals surface area contributed by atoms with Crippen molar-refractivity contribution in [2.75, 3.05) is 7.05 Å². The zero-order valence-electron chi connectivity index (χ0n) is 13.4. The third-order valence-electron chi connectivity index (χ3n) is 5.21.